The molecule has 1 amide bonds. The maximum atomic E-state index is 12.9. The van der Waals surface area contributed by atoms with E-state index >= 15 is 0 Å². The van der Waals surface area contributed by atoms with Crippen LogP contribution in [-0.4, -0.2) is 35.5 Å². The molecule has 1 aliphatic heterocycles. The monoisotopic (exact) mass is 556 g/mol. The highest BCUT2D eigenvalue weighted by Gasteiger charge is 2.16. The molecular weight excluding hydrogens is 524 g/mol. The van der Waals surface area contributed by atoms with Gasteiger partial charge in [-0.3, -0.25) is 4.79 Å². The molecule has 1 aliphatic rings. The third-order valence-corrected chi connectivity index (χ3v) is 8.16. The van der Waals surface area contributed by atoms with Gasteiger partial charge in [-0.1, -0.05) is 96.2 Å². The average molecular weight is 557 g/mol. The number of carbonyl (C=O) groups excluding carboxylic acids is 1. The first kappa shape index (κ1) is 27.2. The molecule has 2 heterocycles. The van der Waals surface area contributed by atoms with Crippen LogP contribution >= 0.6 is 23.4 Å². The number of carbonyl (C=O) groups is 1. The van der Waals surface area contributed by atoms with E-state index in [9.17, 15) is 4.79 Å². The average Bonchev–Trinajstić information content (AvgIpc) is 2.99. The van der Waals surface area contributed by atoms with E-state index in [0.717, 1.165) is 30.9 Å². The van der Waals surface area contributed by atoms with Crippen molar-refractivity contribution in [3.05, 3.63) is 118 Å². The van der Waals surface area contributed by atoms with Gasteiger partial charge >= 0.3 is 0 Å². The highest BCUT2D eigenvalue weighted by atomic mass is 35.5. The van der Waals surface area contributed by atoms with Crippen molar-refractivity contribution in [1.82, 2.24) is 15.3 Å². The second kappa shape index (κ2) is 13.6. The van der Waals surface area contributed by atoms with E-state index in [-0.39, 0.29) is 11.8 Å². The Bertz CT molecular complexity index is 1310. The number of aromatic nitrogens is 2. The molecule has 0 spiro atoms. The van der Waals surface area contributed by atoms with Gasteiger partial charge in [0.15, 0.2) is 5.16 Å². The molecule has 5 rings (SSSR count). The van der Waals surface area contributed by atoms with Crippen LogP contribution in [0.3, 0.4) is 0 Å². The zero-order chi connectivity index (χ0) is 26.9. The van der Waals surface area contributed by atoms with Crippen LogP contribution < -0.4 is 10.2 Å². The normalized spacial score (nSPS) is 13.4. The number of piperidine rings is 1. The second-order valence-electron chi connectivity index (χ2n) is 9.78. The summed E-state index contributed by atoms with van der Waals surface area (Å²) < 4.78 is 0. The fourth-order valence-electron chi connectivity index (χ4n) is 4.96. The molecule has 1 N–H and O–H groups in total. The first-order valence-electron chi connectivity index (χ1n) is 13.5. The zero-order valence-corrected chi connectivity index (χ0v) is 23.5. The molecule has 0 atom stereocenters. The number of hydrogen-bond donors (Lipinski definition) is 1. The smallest absolute Gasteiger partial charge is 0.251 e. The first-order valence-corrected chi connectivity index (χ1v) is 14.9. The molecule has 0 saturated carbocycles. The number of anilines is 1. The molecular formula is C32H33ClN4OS. The molecule has 0 aliphatic carbocycles. The van der Waals surface area contributed by atoms with Crippen LogP contribution in [0.1, 0.15) is 58.6 Å². The van der Waals surface area contributed by atoms with E-state index in [1.54, 1.807) is 11.8 Å². The van der Waals surface area contributed by atoms with Gasteiger partial charge < -0.3 is 10.2 Å². The minimum atomic E-state index is -0.0570. The Morgan fingerprint density at radius 2 is 1.51 bits per heavy atom. The predicted octanol–water partition coefficient (Wildman–Crippen LogP) is 7.36. The highest BCUT2D eigenvalue weighted by molar-refractivity contribution is 7.98. The molecule has 0 bridgehead atoms. The van der Waals surface area contributed by atoms with Gasteiger partial charge in [-0.2, -0.15) is 0 Å². The molecule has 4 aromatic rings. The largest absolute Gasteiger partial charge is 0.356 e. The van der Waals surface area contributed by atoms with Gasteiger partial charge in [0.1, 0.15) is 11.0 Å². The Morgan fingerprint density at radius 1 is 0.872 bits per heavy atom. The topological polar surface area (TPSA) is 58.1 Å². The van der Waals surface area contributed by atoms with E-state index in [0.29, 0.717) is 28.2 Å². The van der Waals surface area contributed by atoms with Gasteiger partial charge in [0.05, 0.1) is 0 Å². The highest BCUT2D eigenvalue weighted by Crippen LogP contribution is 2.28. The predicted molar refractivity (Wildman–Crippen MR) is 161 cm³/mol. The van der Waals surface area contributed by atoms with E-state index in [2.05, 4.69) is 63.7 Å². The van der Waals surface area contributed by atoms with E-state index < -0.39 is 0 Å². The summed E-state index contributed by atoms with van der Waals surface area (Å²) in [6, 6.07) is 30.5. The summed E-state index contributed by atoms with van der Waals surface area (Å²) in [6.07, 6.45) is 4.47. The summed E-state index contributed by atoms with van der Waals surface area (Å²) in [5.74, 6) is 1.79. The summed E-state index contributed by atoms with van der Waals surface area (Å²) in [4.78, 5) is 24.3. The Hall–Kier alpha value is -3.35. The molecule has 0 unspecified atom stereocenters. The molecule has 1 fully saturated rings. The minimum Gasteiger partial charge on any atom is -0.356 e. The lowest BCUT2D eigenvalue weighted by atomic mass is 9.88. The summed E-state index contributed by atoms with van der Waals surface area (Å²) in [6.45, 7) is 2.62. The van der Waals surface area contributed by atoms with E-state index in [4.69, 9.17) is 16.6 Å². The maximum absolute atomic E-state index is 12.9. The Kier molecular flexibility index (Phi) is 9.52. The lowest BCUT2D eigenvalue weighted by Crippen LogP contribution is -2.30. The quantitative estimate of drug-likeness (QED) is 0.126. The Morgan fingerprint density at radius 3 is 2.15 bits per heavy atom. The van der Waals surface area contributed by atoms with Crippen molar-refractivity contribution in [3.63, 3.8) is 0 Å². The second-order valence-corrected chi connectivity index (χ2v) is 11.1. The number of thioether (sulfide) groups is 1. The lowest BCUT2D eigenvalue weighted by molar-refractivity contribution is 0.0953. The number of hydrogen-bond acceptors (Lipinski definition) is 5. The molecule has 7 heteroatoms. The van der Waals surface area contributed by atoms with Crippen LogP contribution in [0.2, 0.25) is 5.15 Å². The zero-order valence-electron chi connectivity index (χ0n) is 21.9. The van der Waals surface area contributed by atoms with Gasteiger partial charge in [-0.05, 0) is 54.5 Å². The number of halogens is 1. The third-order valence-electron chi connectivity index (χ3n) is 7.05. The first-order chi connectivity index (χ1) is 19.2. The van der Waals surface area contributed by atoms with Crippen molar-refractivity contribution in [2.24, 2.45) is 0 Å². The fraction of sp³-hybridized carbons (Fsp3) is 0.281. The van der Waals surface area contributed by atoms with Crippen molar-refractivity contribution in [3.8, 4) is 0 Å². The number of nitrogens with one attached hydrogen (secondary N) is 1. The molecule has 39 heavy (non-hydrogen) atoms. The molecule has 1 saturated heterocycles. The molecule has 5 nitrogen and oxygen atoms in total. The molecule has 0 radical (unpaired) electrons. The SMILES string of the molecule is O=C(NCCC(c1ccccc1)c1ccccc1)c1ccc(CSc2nc(Cl)cc(N3CCCCC3)n2)cc1. The van der Waals surface area contributed by atoms with Crippen LogP contribution in [-0.2, 0) is 5.75 Å². The van der Waals surface area contributed by atoms with Gasteiger partial charge in [-0.25, -0.2) is 9.97 Å². The summed E-state index contributed by atoms with van der Waals surface area (Å²) >= 11 is 7.86. The van der Waals surface area contributed by atoms with Crippen molar-refractivity contribution in [2.45, 2.75) is 42.5 Å². The van der Waals surface area contributed by atoms with Crippen LogP contribution in [0, 0.1) is 0 Å². The van der Waals surface area contributed by atoms with Gasteiger partial charge in [0.25, 0.3) is 5.91 Å². The van der Waals surface area contributed by atoms with Crippen LogP contribution in [0.15, 0.2) is 96.2 Å². The Balaban J connectivity index is 1.15. The molecule has 3 aromatic carbocycles. The maximum Gasteiger partial charge on any atom is 0.251 e. The van der Waals surface area contributed by atoms with Gasteiger partial charge in [0, 0.05) is 42.9 Å². The van der Waals surface area contributed by atoms with Crippen molar-refractivity contribution < 1.29 is 4.79 Å². The van der Waals surface area contributed by atoms with Crippen molar-refractivity contribution in [2.75, 3.05) is 24.5 Å². The van der Waals surface area contributed by atoms with Gasteiger partial charge in [0.2, 0.25) is 0 Å². The van der Waals surface area contributed by atoms with E-state index in [1.165, 1.54) is 30.4 Å². The van der Waals surface area contributed by atoms with Crippen molar-refractivity contribution in [1.29, 1.82) is 0 Å². The Labute approximate surface area is 240 Å². The van der Waals surface area contributed by atoms with Gasteiger partial charge in [-0.15, -0.1) is 0 Å². The van der Waals surface area contributed by atoms with Crippen LogP contribution in [0.25, 0.3) is 0 Å². The van der Waals surface area contributed by atoms with Crippen LogP contribution in [0.5, 0.6) is 0 Å². The van der Waals surface area contributed by atoms with Crippen LogP contribution in [0.4, 0.5) is 5.82 Å². The number of rotatable bonds is 10. The van der Waals surface area contributed by atoms with Crippen molar-refractivity contribution >= 4 is 35.1 Å². The number of nitrogens with zero attached hydrogens (tertiary/aromatic N) is 3. The summed E-state index contributed by atoms with van der Waals surface area (Å²) in [7, 11) is 0. The summed E-state index contributed by atoms with van der Waals surface area (Å²) in [5.41, 5.74) is 4.28. The number of amides is 1. The standard InChI is InChI=1S/C32H33ClN4OS/c33-29-22-30(37-20-8-3-9-21-37)36-32(35-29)39-23-24-14-16-27(17-15-24)31(38)34-19-18-28(25-10-4-1-5-11-25)26-12-6-2-7-13-26/h1-2,4-7,10-17,22,28H,3,8-9,18-21,23H2,(H,34,38). The fourth-order valence-corrected chi connectivity index (χ4v) is 6.00. The molecule has 200 valence electrons. The summed E-state index contributed by atoms with van der Waals surface area (Å²) in [5, 5.41) is 4.26. The number of benzene rings is 3. The molecule has 1 aromatic heterocycles. The third kappa shape index (κ3) is 7.61. The minimum absolute atomic E-state index is 0.0570. The lowest BCUT2D eigenvalue weighted by Gasteiger charge is -2.27. The van der Waals surface area contributed by atoms with E-state index in [1.807, 2.05) is 42.5 Å².